The minimum atomic E-state index is -0.471. The molecular weight excluding hydrogens is 276 g/mol. The van der Waals surface area contributed by atoms with Crippen molar-refractivity contribution in [3.05, 3.63) is 23.8 Å². The number of fused-ring (bicyclic) bond motifs is 1. The molecule has 110 valence electrons. The van der Waals surface area contributed by atoms with Gasteiger partial charge in [-0.05, 0) is 46.0 Å². The molecule has 0 unspecified atom stereocenters. The summed E-state index contributed by atoms with van der Waals surface area (Å²) in [5.74, 6) is 1.02. The van der Waals surface area contributed by atoms with Crippen molar-refractivity contribution in [3.8, 4) is 5.75 Å². The summed E-state index contributed by atoms with van der Waals surface area (Å²) in [5.41, 5.74) is 1.54. The van der Waals surface area contributed by atoms with Gasteiger partial charge in [-0.25, -0.2) is 4.79 Å². The maximum absolute atomic E-state index is 11.7. The van der Waals surface area contributed by atoms with Crippen LogP contribution in [0.2, 0.25) is 0 Å². The molecule has 1 N–H and O–H groups in total. The van der Waals surface area contributed by atoms with Gasteiger partial charge in [-0.1, -0.05) is 12.1 Å². The van der Waals surface area contributed by atoms with Gasteiger partial charge in [0.15, 0.2) is 5.94 Å². The van der Waals surface area contributed by atoms with E-state index < -0.39 is 6.09 Å². The number of ether oxygens (including phenoxy) is 2. The van der Waals surface area contributed by atoms with E-state index in [1.54, 1.807) is 0 Å². The lowest BCUT2D eigenvalue weighted by molar-refractivity contribution is 0.139. The average Bonchev–Trinajstić information content (AvgIpc) is 2.64. The lowest BCUT2D eigenvalue weighted by Gasteiger charge is -2.18. The number of anilines is 1. The Kier molecular flexibility index (Phi) is 4.45. The fourth-order valence-corrected chi connectivity index (χ4v) is 2.42. The maximum Gasteiger partial charge on any atom is 0.412 e. The third kappa shape index (κ3) is 3.80. The molecule has 20 heavy (non-hydrogen) atoms. The molecule has 0 aromatic heterocycles. The number of hydrogen-bond acceptors (Lipinski definition) is 5. The number of nitrogens with zero attached hydrogens (tertiary/aromatic N) is 1. The zero-order chi connectivity index (χ0) is 14.8. The number of carbonyl (C=O) groups is 1. The largest absolute Gasteiger partial charge is 0.485 e. The number of benzene rings is 1. The molecule has 6 heteroatoms. The van der Waals surface area contributed by atoms with E-state index in [2.05, 4.69) is 5.32 Å². The van der Waals surface area contributed by atoms with Gasteiger partial charge in [-0.15, -0.1) is 0 Å². The van der Waals surface area contributed by atoms with E-state index in [-0.39, 0.29) is 11.5 Å². The molecule has 0 saturated carbocycles. The van der Waals surface area contributed by atoms with Crippen LogP contribution in [0, 0.1) is 0 Å². The van der Waals surface area contributed by atoms with Crippen LogP contribution < -0.4 is 10.1 Å². The summed E-state index contributed by atoms with van der Waals surface area (Å²) < 4.78 is 12.8. The van der Waals surface area contributed by atoms with Crippen molar-refractivity contribution in [2.45, 2.75) is 25.9 Å². The van der Waals surface area contributed by atoms with Crippen molar-refractivity contribution in [1.82, 2.24) is 4.31 Å². The molecule has 0 bridgehead atoms. The number of nitrogens with one attached hydrogen (secondary N) is 1. The van der Waals surface area contributed by atoms with Gasteiger partial charge in [-0.2, -0.15) is 0 Å². The smallest absolute Gasteiger partial charge is 0.412 e. The van der Waals surface area contributed by atoms with E-state index in [9.17, 15) is 4.79 Å². The molecular formula is C14H20N2O3S. The minimum absolute atomic E-state index is 0.231. The van der Waals surface area contributed by atoms with Crippen LogP contribution in [0.3, 0.4) is 0 Å². The second-order valence-corrected chi connectivity index (χ2v) is 6.67. The summed E-state index contributed by atoms with van der Waals surface area (Å²) in [7, 11) is 3.79. The van der Waals surface area contributed by atoms with Gasteiger partial charge in [0.25, 0.3) is 0 Å². The van der Waals surface area contributed by atoms with Gasteiger partial charge in [0.1, 0.15) is 11.4 Å². The molecule has 5 nitrogen and oxygen atoms in total. The highest BCUT2D eigenvalue weighted by Gasteiger charge is 2.32. The molecule has 0 saturated heterocycles. The SMILES string of the molecule is CN(C)SCOC(=O)Nc1cccc2c1OC(C)(C)C2. The Morgan fingerprint density at radius 1 is 1.50 bits per heavy atom. The molecule has 0 radical (unpaired) electrons. The minimum Gasteiger partial charge on any atom is -0.485 e. The van der Waals surface area contributed by atoms with E-state index >= 15 is 0 Å². The van der Waals surface area contributed by atoms with Crippen molar-refractivity contribution in [3.63, 3.8) is 0 Å². The summed E-state index contributed by atoms with van der Waals surface area (Å²) in [6.07, 6.45) is 0.365. The number of amides is 1. The fraction of sp³-hybridized carbons (Fsp3) is 0.500. The summed E-state index contributed by atoms with van der Waals surface area (Å²) in [6, 6.07) is 5.75. The van der Waals surface area contributed by atoms with Crippen molar-refractivity contribution in [2.75, 3.05) is 25.4 Å². The first-order valence-electron chi connectivity index (χ1n) is 6.42. The summed E-state index contributed by atoms with van der Waals surface area (Å²) in [6.45, 7) is 4.06. The van der Waals surface area contributed by atoms with Crippen molar-refractivity contribution < 1.29 is 14.3 Å². The Labute approximate surface area is 123 Å². The molecule has 0 aliphatic carbocycles. The number of rotatable bonds is 4. The molecule has 1 amide bonds. The Bertz CT molecular complexity index is 503. The Balaban J connectivity index is 1.98. The van der Waals surface area contributed by atoms with Crippen LogP contribution in [0.15, 0.2) is 18.2 Å². The van der Waals surface area contributed by atoms with Crippen LogP contribution in [0.5, 0.6) is 5.75 Å². The van der Waals surface area contributed by atoms with Gasteiger partial charge >= 0.3 is 6.09 Å². The quantitative estimate of drug-likeness (QED) is 0.683. The highest BCUT2D eigenvalue weighted by Crippen LogP contribution is 2.40. The van der Waals surface area contributed by atoms with Crippen molar-refractivity contribution in [1.29, 1.82) is 0 Å². The number of hydrogen-bond donors (Lipinski definition) is 1. The van der Waals surface area contributed by atoms with Gasteiger partial charge in [-0.3, -0.25) is 9.62 Å². The van der Waals surface area contributed by atoms with E-state index in [1.807, 2.05) is 50.4 Å². The van der Waals surface area contributed by atoms with Gasteiger partial charge in [0, 0.05) is 12.0 Å². The second-order valence-electron chi connectivity index (χ2n) is 5.45. The molecule has 0 fully saturated rings. The molecule has 1 heterocycles. The normalized spacial score (nSPS) is 15.7. The summed E-state index contributed by atoms with van der Waals surface area (Å²) >= 11 is 1.41. The van der Waals surface area contributed by atoms with Crippen LogP contribution in [0.1, 0.15) is 19.4 Å². The first-order chi connectivity index (χ1) is 9.37. The highest BCUT2D eigenvalue weighted by molar-refractivity contribution is 7.96. The van der Waals surface area contributed by atoms with Crippen molar-refractivity contribution in [2.24, 2.45) is 0 Å². The van der Waals surface area contributed by atoms with Crippen LogP contribution in [-0.2, 0) is 11.2 Å². The van der Waals surface area contributed by atoms with Gasteiger partial charge in [0.2, 0.25) is 0 Å². The van der Waals surface area contributed by atoms with E-state index in [0.29, 0.717) is 5.69 Å². The second kappa shape index (κ2) is 5.93. The topological polar surface area (TPSA) is 50.8 Å². The standard InChI is InChI=1S/C14H20N2O3S/c1-14(2)8-10-6-5-7-11(12(10)19-14)15-13(17)18-9-20-16(3)4/h5-7H,8-9H2,1-4H3,(H,15,17). The maximum atomic E-state index is 11.7. The number of carbonyl (C=O) groups excluding carboxylic acids is 1. The molecule has 0 atom stereocenters. The molecule has 1 aliphatic rings. The summed E-state index contributed by atoms with van der Waals surface area (Å²) in [4.78, 5) is 11.7. The third-order valence-corrected chi connectivity index (χ3v) is 3.57. The van der Waals surface area contributed by atoms with Crippen LogP contribution in [0.4, 0.5) is 10.5 Å². The highest BCUT2D eigenvalue weighted by atomic mass is 32.2. The molecule has 2 rings (SSSR count). The Morgan fingerprint density at radius 3 is 2.95 bits per heavy atom. The number of para-hydroxylation sites is 1. The third-order valence-electron chi connectivity index (χ3n) is 2.83. The lowest BCUT2D eigenvalue weighted by Crippen LogP contribution is -2.25. The van der Waals surface area contributed by atoms with Crippen LogP contribution in [-0.4, -0.2) is 36.0 Å². The zero-order valence-corrected chi connectivity index (χ0v) is 13.0. The zero-order valence-electron chi connectivity index (χ0n) is 12.2. The van der Waals surface area contributed by atoms with Crippen LogP contribution in [0.25, 0.3) is 0 Å². The monoisotopic (exact) mass is 296 g/mol. The summed E-state index contributed by atoms with van der Waals surface area (Å²) in [5, 5.41) is 2.74. The predicted molar refractivity (Wildman–Crippen MR) is 81.1 cm³/mol. The Morgan fingerprint density at radius 2 is 2.25 bits per heavy atom. The van der Waals surface area contributed by atoms with E-state index in [0.717, 1.165) is 17.7 Å². The Hall–Kier alpha value is -1.40. The fourth-order valence-electron chi connectivity index (χ4n) is 2.05. The lowest BCUT2D eigenvalue weighted by atomic mass is 10.0. The molecule has 1 aliphatic heterocycles. The van der Waals surface area contributed by atoms with Gasteiger partial charge in [0.05, 0.1) is 5.69 Å². The molecule has 0 spiro atoms. The molecule has 1 aromatic rings. The first kappa shape index (κ1) is 15.0. The van der Waals surface area contributed by atoms with Crippen molar-refractivity contribution >= 4 is 23.7 Å². The molecule has 1 aromatic carbocycles. The first-order valence-corrected chi connectivity index (χ1v) is 7.36. The average molecular weight is 296 g/mol. The van der Waals surface area contributed by atoms with E-state index in [4.69, 9.17) is 9.47 Å². The van der Waals surface area contributed by atoms with Gasteiger partial charge < -0.3 is 9.47 Å². The predicted octanol–water partition coefficient (Wildman–Crippen LogP) is 3.12. The van der Waals surface area contributed by atoms with Crippen LogP contribution >= 0.6 is 11.9 Å². The van der Waals surface area contributed by atoms with E-state index in [1.165, 1.54) is 11.9 Å².